The molecule has 0 spiro atoms. The molecule has 1 saturated carbocycles. The number of fused-ring (bicyclic) bond motifs is 1. The Balaban J connectivity index is 1.77. The third-order valence-corrected chi connectivity index (χ3v) is 10.1. The molecule has 2 heterocycles. The lowest BCUT2D eigenvalue weighted by Crippen LogP contribution is -2.36. The summed E-state index contributed by atoms with van der Waals surface area (Å²) in [6.07, 6.45) is 4.28. The van der Waals surface area contributed by atoms with E-state index in [1.165, 1.54) is 0 Å². The molecular weight excluding hydrogens is 490 g/mol. The lowest BCUT2D eigenvalue weighted by Gasteiger charge is -2.30. The van der Waals surface area contributed by atoms with Gasteiger partial charge < -0.3 is 24.8 Å². The highest BCUT2D eigenvalue weighted by molar-refractivity contribution is 6.76. The van der Waals surface area contributed by atoms with Gasteiger partial charge in [-0.05, 0) is 37.8 Å². The number of hydrogen-bond donors (Lipinski definition) is 2. The van der Waals surface area contributed by atoms with Crippen LogP contribution in [0.3, 0.4) is 0 Å². The van der Waals surface area contributed by atoms with Gasteiger partial charge in [-0.2, -0.15) is 9.61 Å². The van der Waals surface area contributed by atoms with Gasteiger partial charge in [0.1, 0.15) is 19.3 Å². The summed E-state index contributed by atoms with van der Waals surface area (Å²) in [4.78, 5) is 18.1. The van der Waals surface area contributed by atoms with E-state index in [0.717, 1.165) is 68.1 Å². The maximum absolute atomic E-state index is 11.0. The van der Waals surface area contributed by atoms with Crippen molar-refractivity contribution in [1.82, 2.24) is 19.9 Å². The molecule has 1 aliphatic rings. The predicted octanol–water partition coefficient (Wildman–Crippen LogP) is 5.45. The van der Waals surface area contributed by atoms with Crippen molar-refractivity contribution in [3.05, 3.63) is 24.0 Å². The summed E-state index contributed by atoms with van der Waals surface area (Å²) < 4.78 is 14.2. The third kappa shape index (κ3) is 9.17. The summed E-state index contributed by atoms with van der Waals surface area (Å²) in [7, 11) is -2.36. The van der Waals surface area contributed by atoms with Gasteiger partial charge in [0.25, 0.3) is 0 Å². The Morgan fingerprint density at radius 1 is 1.06 bits per heavy atom. The quantitative estimate of drug-likeness (QED) is 0.200. The number of anilines is 1. The molecule has 1 aliphatic carbocycles. The molecule has 0 atom stereocenters. The fraction of sp³-hybridized carbons (Fsp3) is 0.720. The molecule has 0 saturated heterocycles. The van der Waals surface area contributed by atoms with E-state index >= 15 is 0 Å². The van der Waals surface area contributed by atoms with E-state index in [-0.39, 0.29) is 12.0 Å². The summed E-state index contributed by atoms with van der Waals surface area (Å²) >= 11 is 0. The topological polar surface area (TPSA) is 101 Å². The normalized spacial score (nSPS) is 18.9. The van der Waals surface area contributed by atoms with Gasteiger partial charge in [-0.15, -0.1) is 0 Å². The minimum absolute atomic E-state index is 0.0213. The first-order valence-electron chi connectivity index (χ1n) is 13.2. The number of nitrogens with one attached hydrogen (secondary N) is 1. The highest BCUT2D eigenvalue weighted by Gasteiger charge is 2.26. The Labute approximate surface area is 217 Å². The molecule has 2 N–H and O–H groups in total. The molecular formula is C25H45N5O4Si2. The van der Waals surface area contributed by atoms with Gasteiger partial charge in [-0.3, -0.25) is 0 Å². The Hall–Kier alpha value is -1.96. The van der Waals surface area contributed by atoms with Crippen molar-refractivity contribution < 1.29 is 19.4 Å². The van der Waals surface area contributed by atoms with E-state index in [9.17, 15) is 4.79 Å². The van der Waals surface area contributed by atoms with Gasteiger partial charge >= 0.3 is 6.09 Å². The van der Waals surface area contributed by atoms with Crippen LogP contribution < -0.4 is 10.2 Å². The molecule has 0 bridgehead atoms. The lowest BCUT2D eigenvalue weighted by atomic mass is 9.84. The first kappa shape index (κ1) is 28.6. The zero-order valence-corrected chi connectivity index (χ0v) is 24.9. The van der Waals surface area contributed by atoms with Gasteiger partial charge in [0.15, 0.2) is 5.65 Å². The molecule has 9 nitrogen and oxygen atoms in total. The molecule has 3 rings (SSSR count). The minimum atomic E-state index is -1.18. The average molecular weight is 536 g/mol. The second kappa shape index (κ2) is 12.5. The van der Waals surface area contributed by atoms with Crippen LogP contribution in [-0.2, 0) is 9.47 Å². The first-order valence-corrected chi connectivity index (χ1v) is 20.6. The molecule has 1 fully saturated rings. The number of carboxylic acid groups (broad SMARTS) is 1. The Morgan fingerprint density at radius 2 is 1.64 bits per heavy atom. The van der Waals surface area contributed by atoms with Crippen LogP contribution in [-0.4, -0.2) is 74.7 Å². The lowest BCUT2D eigenvalue weighted by molar-refractivity contribution is 0.0942. The van der Waals surface area contributed by atoms with Gasteiger partial charge in [-0.25, -0.2) is 9.78 Å². The summed E-state index contributed by atoms with van der Waals surface area (Å²) in [6, 6.07) is 6.31. The van der Waals surface area contributed by atoms with Gasteiger partial charge in [0.2, 0.25) is 0 Å². The average Bonchev–Trinajstić information content (AvgIpc) is 3.25. The Bertz CT molecular complexity index is 959. The summed E-state index contributed by atoms with van der Waals surface area (Å²) in [5.41, 5.74) is 1.84. The molecule has 0 aromatic carbocycles. The van der Waals surface area contributed by atoms with E-state index in [0.29, 0.717) is 13.5 Å². The number of ether oxygens (including phenoxy) is 2. The second-order valence-electron chi connectivity index (χ2n) is 12.4. The van der Waals surface area contributed by atoms with Crippen LogP contribution in [0.25, 0.3) is 5.65 Å². The molecule has 0 unspecified atom stereocenters. The third-order valence-electron chi connectivity index (χ3n) is 6.64. The molecule has 2 aromatic rings. The zero-order chi connectivity index (χ0) is 26.3. The number of hydrogen-bond acceptors (Lipinski definition) is 6. The van der Waals surface area contributed by atoms with Crippen molar-refractivity contribution in [2.24, 2.45) is 0 Å². The van der Waals surface area contributed by atoms with Crippen LogP contribution in [0.5, 0.6) is 0 Å². The number of aromatic nitrogens is 3. The standard InChI is InChI=1S/C25H45N5O4Si2/c1-35(2,3)15-13-33-18-29(19-34-14-16-36(4,5)6)24-17-22(28-23-11-12-26-30(23)24)20-7-9-21(10-8-20)27-25(31)32/h11-12,17,20-21,27H,7-10,13-16,18-19H2,1-6H3,(H,31,32)/t20-,21-. The van der Waals surface area contributed by atoms with Crippen LogP contribution in [0.1, 0.15) is 37.3 Å². The largest absolute Gasteiger partial charge is 0.465 e. The van der Waals surface area contributed by atoms with E-state index in [1.54, 1.807) is 6.20 Å². The maximum Gasteiger partial charge on any atom is 0.404 e. The second-order valence-corrected chi connectivity index (χ2v) is 23.6. The van der Waals surface area contributed by atoms with Crippen LogP contribution >= 0.6 is 0 Å². The minimum Gasteiger partial charge on any atom is -0.465 e. The molecule has 1 amide bonds. The van der Waals surface area contributed by atoms with E-state index in [2.05, 4.69) is 60.7 Å². The molecule has 0 radical (unpaired) electrons. The van der Waals surface area contributed by atoms with Crippen molar-refractivity contribution in [1.29, 1.82) is 0 Å². The number of rotatable bonds is 13. The first-order chi connectivity index (χ1) is 16.9. The van der Waals surface area contributed by atoms with Gasteiger partial charge in [0.05, 0.1) is 6.20 Å². The Kier molecular flexibility index (Phi) is 9.96. The number of amides is 1. The van der Waals surface area contributed by atoms with Crippen molar-refractivity contribution in [2.45, 2.75) is 89.0 Å². The van der Waals surface area contributed by atoms with Crippen LogP contribution in [0.15, 0.2) is 18.3 Å². The summed E-state index contributed by atoms with van der Waals surface area (Å²) in [6.45, 7) is 16.5. The van der Waals surface area contributed by atoms with E-state index in [4.69, 9.17) is 19.6 Å². The van der Waals surface area contributed by atoms with E-state index in [1.807, 2.05) is 10.6 Å². The van der Waals surface area contributed by atoms with Crippen molar-refractivity contribution in [3.63, 3.8) is 0 Å². The molecule has 0 aliphatic heterocycles. The smallest absolute Gasteiger partial charge is 0.404 e. The monoisotopic (exact) mass is 535 g/mol. The van der Waals surface area contributed by atoms with Crippen molar-refractivity contribution in [2.75, 3.05) is 31.6 Å². The molecule has 202 valence electrons. The highest BCUT2D eigenvalue weighted by Crippen LogP contribution is 2.34. The van der Waals surface area contributed by atoms with Crippen LogP contribution in [0.4, 0.5) is 10.6 Å². The zero-order valence-electron chi connectivity index (χ0n) is 22.9. The fourth-order valence-electron chi connectivity index (χ4n) is 4.33. The van der Waals surface area contributed by atoms with Gasteiger partial charge in [0, 0.05) is 59.1 Å². The van der Waals surface area contributed by atoms with Crippen molar-refractivity contribution >= 4 is 33.7 Å². The highest BCUT2D eigenvalue weighted by atomic mass is 28.3. The summed E-state index contributed by atoms with van der Waals surface area (Å²) in [5.74, 6) is 1.21. The molecule has 2 aromatic heterocycles. The fourth-order valence-corrected chi connectivity index (χ4v) is 5.85. The van der Waals surface area contributed by atoms with E-state index < -0.39 is 22.2 Å². The Morgan fingerprint density at radius 3 is 2.17 bits per heavy atom. The van der Waals surface area contributed by atoms with Gasteiger partial charge in [-0.1, -0.05) is 39.3 Å². The maximum atomic E-state index is 11.0. The number of nitrogens with zero attached hydrogens (tertiary/aromatic N) is 4. The molecule has 11 heteroatoms. The SMILES string of the molecule is C[Si](C)(C)CCOCN(COCC[Si](C)(C)C)c1cc([C@H]2CC[C@H](NC(=O)O)CC2)nc2ccnn12. The number of carbonyl (C=O) groups is 1. The van der Waals surface area contributed by atoms with Crippen LogP contribution in [0, 0.1) is 0 Å². The molecule has 36 heavy (non-hydrogen) atoms. The summed E-state index contributed by atoms with van der Waals surface area (Å²) in [5, 5.41) is 16.2. The van der Waals surface area contributed by atoms with Crippen molar-refractivity contribution in [3.8, 4) is 0 Å². The van der Waals surface area contributed by atoms with Crippen LogP contribution in [0.2, 0.25) is 51.4 Å². The predicted molar refractivity (Wildman–Crippen MR) is 150 cm³/mol.